The predicted octanol–water partition coefficient (Wildman–Crippen LogP) is 6.57. The Balaban J connectivity index is 1.16. The van der Waals surface area contributed by atoms with Crippen LogP contribution in [0, 0.1) is 11.8 Å². The van der Waals surface area contributed by atoms with Crippen molar-refractivity contribution in [1.82, 2.24) is 9.97 Å². The number of ether oxygens (including phenoxy) is 1. The predicted molar refractivity (Wildman–Crippen MR) is 153 cm³/mol. The van der Waals surface area contributed by atoms with Crippen LogP contribution in [0.5, 0.6) is 5.75 Å². The van der Waals surface area contributed by atoms with Crippen LogP contribution in [0.1, 0.15) is 60.0 Å². The van der Waals surface area contributed by atoms with Crippen LogP contribution in [-0.4, -0.2) is 53.6 Å². The van der Waals surface area contributed by atoms with Gasteiger partial charge in [0, 0.05) is 44.4 Å². The number of ketones is 1. The monoisotopic (exact) mass is 584 g/mol. The van der Waals surface area contributed by atoms with E-state index >= 15 is 0 Å². The smallest absolute Gasteiger partial charge is 0.437 e. The first-order valence-electron chi connectivity index (χ1n) is 14.2. The molecular weight excluding hydrogens is 549 g/mol. The number of benzene rings is 1. The third kappa shape index (κ3) is 7.06. The maximum Gasteiger partial charge on any atom is 0.437 e. The van der Waals surface area contributed by atoms with Crippen molar-refractivity contribution in [2.24, 2.45) is 11.8 Å². The van der Waals surface area contributed by atoms with E-state index in [2.05, 4.69) is 21.4 Å². The number of aliphatic hydroxyl groups excluding tert-OH is 1. The number of aliphatic hydroxyl groups is 1. The van der Waals surface area contributed by atoms with Gasteiger partial charge in [0.15, 0.2) is 5.69 Å². The van der Waals surface area contributed by atoms with E-state index in [9.17, 15) is 23.1 Å². The number of rotatable bonds is 9. The number of pyridine rings is 1. The molecule has 0 amide bonds. The van der Waals surface area contributed by atoms with Crippen molar-refractivity contribution >= 4 is 23.4 Å². The van der Waals surface area contributed by atoms with Gasteiger partial charge in [-0.25, -0.2) is 4.98 Å². The summed E-state index contributed by atoms with van der Waals surface area (Å²) in [7, 11) is 0. The number of hydrogen-bond donors (Lipinski definition) is 1. The van der Waals surface area contributed by atoms with E-state index in [1.807, 2.05) is 19.1 Å². The molecule has 1 atom stereocenters. The van der Waals surface area contributed by atoms with Crippen molar-refractivity contribution < 1.29 is 32.2 Å². The van der Waals surface area contributed by atoms with Crippen LogP contribution in [0.2, 0.25) is 0 Å². The molecule has 4 heterocycles. The second-order valence-corrected chi connectivity index (χ2v) is 11.2. The fraction of sp³-hybridized carbons (Fsp3) is 0.452. The van der Waals surface area contributed by atoms with E-state index in [1.54, 1.807) is 29.2 Å². The summed E-state index contributed by atoms with van der Waals surface area (Å²) >= 11 is 0. The molecule has 42 heavy (non-hydrogen) atoms. The van der Waals surface area contributed by atoms with E-state index in [0.29, 0.717) is 48.4 Å². The number of oxazole rings is 1. The third-order valence-corrected chi connectivity index (χ3v) is 7.83. The van der Waals surface area contributed by atoms with Crippen molar-refractivity contribution in [3.05, 3.63) is 71.8 Å². The minimum Gasteiger partial charge on any atom is -0.508 e. The van der Waals surface area contributed by atoms with Crippen molar-refractivity contribution in [2.45, 2.75) is 45.2 Å². The summed E-state index contributed by atoms with van der Waals surface area (Å²) in [5.74, 6) is 0.560. The lowest BCUT2D eigenvalue weighted by molar-refractivity contribution is -0.141. The Morgan fingerprint density at radius 3 is 2.60 bits per heavy atom. The third-order valence-electron chi connectivity index (χ3n) is 7.83. The van der Waals surface area contributed by atoms with Gasteiger partial charge in [-0.3, -0.25) is 4.79 Å². The van der Waals surface area contributed by atoms with Crippen LogP contribution >= 0.6 is 0 Å². The molecule has 2 saturated heterocycles. The molecule has 0 saturated carbocycles. The van der Waals surface area contributed by atoms with Gasteiger partial charge in [-0.2, -0.15) is 18.2 Å². The van der Waals surface area contributed by atoms with Crippen molar-refractivity contribution in [3.8, 4) is 5.75 Å². The molecule has 0 aliphatic carbocycles. The van der Waals surface area contributed by atoms with Crippen molar-refractivity contribution in [1.29, 1.82) is 0 Å². The quantitative estimate of drug-likeness (QED) is 0.223. The van der Waals surface area contributed by atoms with Crippen molar-refractivity contribution in [3.63, 3.8) is 0 Å². The summed E-state index contributed by atoms with van der Waals surface area (Å²) in [4.78, 5) is 25.0. The molecule has 1 aromatic carbocycles. The molecule has 8 nitrogen and oxygen atoms in total. The van der Waals surface area contributed by atoms with Gasteiger partial charge in [0.1, 0.15) is 17.3 Å². The summed E-state index contributed by atoms with van der Waals surface area (Å²) in [6.45, 7) is 8.76. The molecular formula is C31H35F3N4O4. The Morgan fingerprint density at radius 1 is 1.14 bits per heavy atom. The van der Waals surface area contributed by atoms with E-state index in [4.69, 9.17) is 9.15 Å². The molecule has 0 bridgehead atoms. The Kier molecular flexibility index (Phi) is 8.74. The van der Waals surface area contributed by atoms with Crippen LogP contribution in [0.25, 0.3) is 5.76 Å². The maximum absolute atomic E-state index is 13.7. The number of nitrogens with zero attached hydrogens (tertiary/aromatic N) is 4. The number of carbonyl (C=O) groups excluding carboxylic acids is 1. The lowest BCUT2D eigenvalue weighted by Crippen LogP contribution is -2.36. The van der Waals surface area contributed by atoms with Crippen LogP contribution in [0.3, 0.4) is 0 Å². The SMILES string of the molecule is C=C(O)c1cccc(OCC2CCN(c3ccc(CC(=O)c4oc(N5CCCC(C)C5)nc4C(F)(F)F)cn3)CC2)c1. The number of Topliss-reactive ketones (excluding diaryl/α,β-unsaturated/α-hetero) is 1. The molecule has 5 rings (SSSR count). The summed E-state index contributed by atoms with van der Waals surface area (Å²) in [5.41, 5.74) is -0.154. The zero-order chi connectivity index (χ0) is 29.9. The second kappa shape index (κ2) is 12.5. The average Bonchev–Trinajstić information content (AvgIpc) is 3.44. The molecule has 0 spiro atoms. The molecule has 1 N–H and O–H groups in total. The van der Waals surface area contributed by atoms with Crippen LogP contribution in [-0.2, 0) is 12.6 Å². The Morgan fingerprint density at radius 2 is 1.93 bits per heavy atom. The first kappa shape index (κ1) is 29.5. The highest BCUT2D eigenvalue weighted by atomic mass is 19.4. The minimum absolute atomic E-state index is 0.00244. The van der Waals surface area contributed by atoms with Crippen LogP contribution in [0.15, 0.2) is 53.6 Å². The topological polar surface area (TPSA) is 91.9 Å². The molecule has 2 aromatic heterocycles. The molecule has 3 aromatic rings. The highest BCUT2D eigenvalue weighted by Gasteiger charge is 2.42. The summed E-state index contributed by atoms with van der Waals surface area (Å²) in [5, 5.41) is 9.58. The lowest BCUT2D eigenvalue weighted by atomic mass is 9.97. The molecule has 0 radical (unpaired) electrons. The van der Waals surface area contributed by atoms with E-state index < -0.39 is 23.4 Å². The number of piperidine rings is 2. The highest BCUT2D eigenvalue weighted by Crippen LogP contribution is 2.36. The average molecular weight is 585 g/mol. The van der Waals surface area contributed by atoms with Gasteiger partial charge in [0.05, 0.1) is 6.61 Å². The first-order chi connectivity index (χ1) is 20.1. The number of alkyl halides is 3. The van der Waals surface area contributed by atoms with E-state index in [1.165, 1.54) is 6.20 Å². The highest BCUT2D eigenvalue weighted by molar-refractivity contribution is 5.96. The van der Waals surface area contributed by atoms with Crippen LogP contribution in [0.4, 0.5) is 25.0 Å². The lowest BCUT2D eigenvalue weighted by Gasteiger charge is -2.32. The molecule has 11 heteroatoms. The number of hydrogen-bond acceptors (Lipinski definition) is 8. The molecule has 1 unspecified atom stereocenters. The Bertz CT molecular complexity index is 1400. The van der Waals surface area contributed by atoms with Gasteiger partial charge in [0.2, 0.25) is 11.5 Å². The van der Waals surface area contributed by atoms with Gasteiger partial charge in [-0.05, 0) is 61.3 Å². The summed E-state index contributed by atoms with van der Waals surface area (Å²) < 4.78 is 52.6. The zero-order valence-corrected chi connectivity index (χ0v) is 23.6. The number of halogens is 3. The number of aromatic nitrogens is 2. The first-order valence-corrected chi connectivity index (χ1v) is 14.2. The van der Waals surface area contributed by atoms with Gasteiger partial charge < -0.3 is 24.1 Å². The number of carbonyl (C=O) groups is 1. The normalized spacial score (nSPS) is 18.2. The van der Waals surface area contributed by atoms with Gasteiger partial charge in [0.25, 0.3) is 6.01 Å². The second-order valence-electron chi connectivity index (χ2n) is 11.2. The molecule has 2 aliphatic rings. The maximum atomic E-state index is 13.7. The molecule has 2 fully saturated rings. The van der Waals surface area contributed by atoms with E-state index in [0.717, 1.165) is 44.6 Å². The summed E-state index contributed by atoms with van der Waals surface area (Å²) in [6, 6.07) is 10.5. The number of anilines is 2. The minimum atomic E-state index is -4.80. The zero-order valence-electron chi connectivity index (χ0n) is 23.6. The van der Waals surface area contributed by atoms with Gasteiger partial charge >= 0.3 is 6.18 Å². The van der Waals surface area contributed by atoms with Crippen molar-refractivity contribution in [2.75, 3.05) is 42.6 Å². The Labute approximate surface area is 242 Å². The fourth-order valence-electron chi connectivity index (χ4n) is 5.47. The fourth-order valence-corrected chi connectivity index (χ4v) is 5.47. The van der Waals surface area contributed by atoms with Gasteiger partial charge in [-0.15, -0.1) is 0 Å². The summed E-state index contributed by atoms with van der Waals surface area (Å²) in [6.07, 6.45) is 0.0757. The van der Waals surface area contributed by atoms with Crippen LogP contribution < -0.4 is 14.5 Å². The largest absolute Gasteiger partial charge is 0.508 e. The standard InChI is InChI=1S/C31H35F3N4O4/c1-20-5-4-12-38(18-20)30-36-29(31(32,33)34)28(42-30)26(40)15-23-8-9-27(35-17-23)37-13-10-22(11-14-37)19-41-25-7-3-6-24(16-25)21(2)39/h3,6-9,16-17,20,22,39H,2,4-5,10-15,18-19H2,1H3. The van der Waals surface area contributed by atoms with Gasteiger partial charge in [-0.1, -0.05) is 31.7 Å². The van der Waals surface area contributed by atoms with E-state index in [-0.39, 0.29) is 18.2 Å². The molecule has 2 aliphatic heterocycles. The molecule has 224 valence electrons. The Hall–Kier alpha value is -4.02.